The third-order valence-corrected chi connectivity index (χ3v) is 5.95. The Bertz CT molecular complexity index is 1010. The number of benzene rings is 3. The Morgan fingerprint density at radius 3 is 2.03 bits per heavy atom. The molecule has 0 bridgehead atoms. The second-order valence-corrected chi connectivity index (χ2v) is 8.79. The zero-order valence-electron chi connectivity index (χ0n) is 18.1. The lowest BCUT2D eigenvalue weighted by atomic mass is 10.0. The summed E-state index contributed by atoms with van der Waals surface area (Å²) in [5.74, 6) is -0.519. The summed E-state index contributed by atoms with van der Waals surface area (Å²) in [4.78, 5) is 25.9. The first-order chi connectivity index (χ1) is 15.4. The predicted octanol–water partition coefficient (Wildman–Crippen LogP) is 5.64. The van der Waals surface area contributed by atoms with Crippen LogP contribution in [0.25, 0.3) is 0 Å². The highest BCUT2D eigenvalue weighted by atomic mass is 32.2. The largest absolute Gasteiger partial charge is 0.491 e. The van der Waals surface area contributed by atoms with Crippen molar-refractivity contribution in [3.63, 3.8) is 0 Å². The van der Waals surface area contributed by atoms with Gasteiger partial charge in [-0.3, -0.25) is 9.59 Å². The van der Waals surface area contributed by atoms with E-state index in [-0.39, 0.29) is 18.4 Å². The smallest absolute Gasteiger partial charge is 0.305 e. The second kappa shape index (κ2) is 11.4. The first-order valence-electron chi connectivity index (χ1n) is 10.5. The van der Waals surface area contributed by atoms with Crippen molar-refractivity contribution in [2.45, 2.75) is 42.6 Å². The molecule has 166 valence electrons. The van der Waals surface area contributed by atoms with Gasteiger partial charge in [-0.15, -0.1) is 11.8 Å². The molecule has 0 aliphatic rings. The molecule has 0 aliphatic carbocycles. The van der Waals surface area contributed by atoms with Crippen LogP contribution in [0.5, 0.6) is 5.75 Å². The maximum Gasteiger partial charge on any atom is 0.305 e. The molecule has 0 saturated carbocycles. The molecule has 6 heteroatoms. The number of hydrogen-bond acceptors (Lipinski definition) is 4. The number of aliphatic carboxylic acids is 1. The van der Waals surface area contributed by atoms with Crippen LogP contribution in [0.2, 0.25) is 0 Å². The molecule has 0 aliphatic heterocycles. The summed E-state index contributed by atoms with van der Waals surface area (Å²) in [6.45, 7) is 3.88. The third-order valence-electron chi connectivity index (χ3n) is 4.69. The van der Waals surface area contributed by atoms with Crippen molar-refractivity contribution in [3.05, 3.63) is 96.1 Å². The molecule has 0 saturated heterocycles. The molecule has 0 spiro atoms. The number of carboxylic acid groups (broad SMARTS) is 1. The molecule has 0 radical (unpaired) electrons. The minimum absolute atomic E-state index is 0.0389. The molecule has 0 heterocycles. The van der Waals surface area contributed by atoms with Crippen LogP contribution < -0.4 is 10.1 Å². The van der Waals surface area contributed by atoms with Crippen molar-refractivity contribution >= 4 is 23.6 Å². The number of hydrogen-bond donors (Lipinski definition) is 2. The van der Waals surface area contributed by atoms with Crippen LogP contribution in [0, 0.1) is 0 Å². The Morgan fingerprint density at radius 2 is 1.47 bits per heavy atom. The topological polar surface area (TPSA) is 75.6 Å². The average molecular weight is 450 g/mol. The van der Waals surface area contributed by atoms with E-state index in [0.29, 0.717) is 11.3 Å². The van der Waals surface area contributed by atoms with Gasteiger partial charge in [-0.25, -0.2) is 0 Å². The number of carbonyl (C=O) groups is 2. The fourth-order valence-corrected chi connectivity index (χ4v) is 4.32. The van der Waals surface area contributed by atoms with E-state index in [9.17, 15) is 14.7 Å². The summed E-state index contributed by atoms with van der Waals surface area (Å²) < 4.78 is 5.67. The summed E-state index contributed by atoms with van der Waals surface area (Å²) in [7, 11) is 0. The highest BCUT2D eigenvalue weighted by molar-refractivity contribution is 8.00. The van der Waals surface area contributed by atoms with Gasteiger partial charge in [0.25, 0.3) is 0 Å². The van der Waals surface area contributed by atoms with E-state index in [4.69, 9.17) is 4.74 Å². The van der Waals surface area contributed by atoms with E-state index < -0.39 is 17.3 Å². The lowest BCUT2D eigenvalue weighted by Crippen LogP contribution is -2.33. The maximum absolute atomic E-state index is 13.4. The highest BCUT2D eigenvalue weighted by Gasteiger charge is 2.26. The molecule has 2 N–H and O–H groups in total. The van der Waals surface area contributed by atoms with Gasteiger partial charge in [0.15, 0.2) is 0 Å². The van der Waals surface area contributed by atoms with Gasteiger partial charge in [0.1, 0.15) is 11.0 Å². The minimum atomic E-state index is -0.982. The van der Waals surface area contributed by atoms with Crippen molar-refractivity contribution in [2.75, 3.05) is 0 Å². The fourth-order valence-electron chi connectivity index (χ4n) is 3.26. The Morgan fingerprint density at radius 1 is 0.875 bits per heavy atom. The van der Waals surface area contributed by atoms with Crippen LogP contribution in [-0.2, 0) is 9.59 Å². The number of nitrogens with one attached hydrogen (secondary N) is 1. The molecular formula is C26H27NO4S. The number of carbonyl (C=O) groups excluding carboxylic acids is 1. The van der Waals surface area contributed by atoms with Gasteiger partial charge in [-0.1, -0.05) is 60.7 Å². The number of amides is 1. The lowest BCUT2D eigenvalue weighted by Gasteiger charge is -2.23. The van der Waals surface area contributed by atoms with Crippen molar-refractivity contribution in [1.82, 2.24) is 5.32 Å². The number of thioether (sulfide) groups is 1. The zero-order valence-corrected chi connectivity index (χ0v) is 18.9. The molecule has 1 amide bonds. The first kappa shape index (κ1) is 23.4. The standard InChI is InChI=1S/C26H27NO4S/c1-18(2)31-21-15-13-19(14-16-21)23(17-24(28)29)27-26(30)25(20-9-5-3-6-10-20)32-22-11-7-4-8-12-22/h3-16,18,23,25H,17H2,1-2H3,(H,27,30)(H,28,29)/t23-,25+/m1/s1. The molecule has 3 aromatic rings. The van der Waals surface area contributed by atoms with E-state index in [2.05, 4.69) is 5.32 Å². The average Bonchev–Trinajstić information content (AvgIpc) is 2.78. The SMILES string of the molecule is CC(C)Oc1ccc([C@@H](CC(=O)O)NC(=O)[C@@H](Sc2ccccc2)c2ccccc2)cc1. The van der Waals surface area contributed by atoms with Gasteiger partial charge < -0.3 is 15.2 Å². The van der Waals surface area contributed by atoms with Gasteiger partial charge in [0.2, 0.25) is 5.91 Å². The van der Waals surface area contributed by atoms with Gasteiger partial charge in [0.05, 0.1) is 18.6 Å². The number of ether oxygens (including phenoxy) is 1. The van der Waals surface area contributed by atoms with Crippen LogP contribution in [0.3, 0.4) is 0 Å². The van der Waals surface area contributed by atoms with E-state index in [1.165, 1.54) is 11.8 Å². The Hall–Kier alpha value is -3.25. The second-order valence-electron chi connectivity index (χ2n) is 7.62. The lowest BCUT2D eigenvalue weighted by molar-refractivity contribution is -0.137. The fraction of sp³-hybridized carbons (Fsp3) is 0.231. The monoisotopic (exact) mass is 449 g/mol. The van der Waals surface area contributed by atoms with Crippen molar-refractivity contribution < 1.29 is 19.4 Å². The molecule has 2 atom stereocenters. The number of carboxylic acids is 1. The Balaban J connectivity index is 1.84. The summed E-state index contributed by atoms with van der Waals surface area (Å²) in [5.41, 5.74) is 1.57. The van der Waals surface area contributed by atoms with Crippen LogP contribution >= 0.6 is 11.8 Å². The summed E-state index contributed by atoms with van der Waals surface area (Å²) >= 11 is 1.44. The zero-order chi connectivity index (χ0) is 22.9. The van der Waals surface area contributed by atoms with Gasteiger partial charge in [-0.05, 0) is 49.2 Å². The van der Waals surface area contributed by atoms with Crippen molar-refractivity contribution in [1.29, 1.82) is 0 Å². The van der Waals surface area contributed by atoms with Crippen LogP contribution in [0.15, 0.2) is 89.8 Å². The van der Waals surface area contributed by atoms with Gasteiger partial charge in [0, 0.05) is 4.90 Å². The van der Waals surface area contributed by atoms with Crippen LogP contribution in [0.4, 0.5) is 0 Å². The molecule has 3 rings (SSSR count). The predicted molar refractivity (Wildman–Crippen MR) is 127 cm³/mol. The van der Waals surface area contributed by atoms with E-state index in [0.717, 1.165) is 10.5 Å². The normalized spacial score (nSPS) is 12.7. The van der Waals surface area contributed by atoms with Gasteiger partial charge >= 0.3 is 5.97 Å². The van der Waals surface area contributed by atoms with Crippen LogP contribution in [-0.4, -0.2) is 23.1 Å². The molecule has 3 aromatic carbocycles. The summed E-state index contributed by atoms with van der Waals surface area (Å²) in [5, 5.41) is 11.9. The third kappa shape index (κ3) is 6.89. The summed E-state index contributed by atoms with van der Waals surface area (Å²) in [6.07, 6.45) is -0.176. The van der Waals surface area contributed by atoms with E-state index in [1.54, 1.807) is 24.3 Å². The Kier molecular flexibility index (Phi) is 8.34. The molecular weight excluding hydrogens is 422 g/mol. The molecule has 5 nitrogen and oxygen atoms in total. The quantitative estimate of drug-likeness (QED) is 0.392. The maximum atomic E-state index is 13.4. The molecule has 0 unspecified atom stereocenters. The first-order valence-corrected chi connectivity index (χ1v) is 11.4. The highest BCUT2D eigenvalue weighted by Crippen LogP contribution is 2.36. The minimum Gasteiger partial charge on any atom is -0.491 e. The molecule has 0 fully saturated rings. The van der Waals surface area contributed by atoms with Crippen molar-refractivity contribution in [3.8, 4) is 5.75 Å². The van der Waals surface area contributed by atoms with Crippen LogP contribution in [0.1, 0.15) is 42.7 Å². The summed E-state index contributed by atoms with van der Waals surface area (Å²) in [6, 6.07) is 25.7. The Labute approximate surface area is 192 Å². The van der Waals surface area contributed by atoms with Gasteiger partial charge in [-0.2, -0.15) is 0 Å². The number of rotatable bonds is 10. The van der Waals surface area contributed by atoms with E-state index in [1.807, 2.05) is 74.5 Å². The molecule has 32 heavy (non-hydrogen) atoms. The van der Waals surface area contributed by atoms with E-state index >= 15 is 0 Å². The molecule has 0 aromatic heterocycles. The van der Waals surface area contributed by atoms with Crippen molar-refractivity contribution in [2.24, 2.45) is 0 Å².